The van der Waals surface area contributed by atoms with Crippen LogP contribution < -0.4 is 0 Å². The molecule has 6 heteroatoms. The summed E-state index contributed by atoms with van der Waals surface area (Å²) < 4.78 is 2.07. The Balaban J connectivity index is 2.05. The van der Waals surface area contributed by atoms with Crippen molar-refractivity contribution in [3.63, 3.8) is 0 Å². The lowest BCUT2D eigenvalue weighted by Gasteiger charge is -2.16. The summed E-state index contributed by atoms with van der Waals surface area (Å²) in [6.45, 7) is 4.19. The van der Waals surface area contributed by atoms with E-state index in [1.54, 1.807) is 23.9 Å². The van der Waals surface area contributed by atoms with Gasteiger partial charge < -0.3 is 9.67 Å². The predicted molar refractivity (Wildman–Crippen MR) is 77.0 cm³/mol. The first-order valence-electron chi connectivity index (χ1n) is 6.82. The highest BCUT2D eigenvalue weighted by Gasteiger charge is 2.30. The summed E-state index contributed by atoms with van der Waals surface area (Å²) in [7, 11) is 0. The number of fused-ring (bicyclic) bond motifs is 1. The quantitative estimate of drug-likeness (QED) is 0.943. The number of aromatic nitrogens is 3. The molecule has 1 atom stereocenters. The molecule has 0 saturated heterocycles. The fourth-order valence-electron chi connectivity index (χ4n) is 2.65. The summed E-state index contributed by atoms with van der Waals surface area (Å²) in [6.07, 6.45) is 6.16. The third kappa shape index (κ3) is 2.14. The van der Waals surface area contributed by atoms with Crippen LogP contribution in [0.1, 0.15) is 49.2 Å². The Kier molecular flexibility index (Phi) is 3.33. The van der Waals surface area contributed by atoms with Crippen molar-refractivity contribution in [2.45, 2.75) is 45.1 Å². The van der Waals surface area contributed by atoms with E-state index in [1.807, 2.05) is 0 Å². The molecule has 0 aliphatic heterocycles. The molecule has 0 amide bonds. The summed E-state index contributed by atoms with van der Waals surface area (Å²) >= 11 is 1.61. The van der Waals surface area contributed by atoms with Crippen LogP contribution in [-0.4, -0.2) is 25.6 Å². The summed E-state index contributed by atoms with van der Waals surface area (Å²) in [5.41, 5.74) is 1.74. The minimum Gasteiger partial charge on any atom is -0.481 e. The first-order chi connectivity index (χ1) is 9.58. The summed E-state index contributed by atoms with van der Waals surface area (Å²) in [5.74, 6) is -1.21. The molecule has 2 heterocycles. The third-order valence-corrected chi connectivity index (χ3v) is 4.85. The number of rotatable bonds is 3. The van der Waals surface area contributed by atoms with Crippen LogP contribution in [0.4, 0.5) is 0 Å². The molecule has 106 valence electrons. The molecule has 1 aliphatic rings. The number of aryl methyl sites for hydroxylation is 1. The van der Waals surface area contributed by atoms with Gasteiger partial charge >= 0.3 is 5.97 Å². The van der Waals surface area contributed by atoms with Crippen molar-refractivity contribution < 1.29 is 9.90 Å². The molecule has 1 N–H and O–H groups in total. The van der Waals surface area contributed by atoms with Crippen molar-refractivity contribution in [2.75, 3.05) is 0 Å². The summed E-state index contributed by atoms with van der Waals surface area (Å²) in [5, 5.41) is 10.2. The van der Waals surface area contributed by atoms with E-state index in [4.69, 9.17) is 0 Å². The van der Waals surface area contributed by atoms with Gasteiger partial charge in [-0.25, -0.2) is 9.97 Å². The number of nitrogens with zero attached hydrogens (tertiary/aromatic N) is 3. The standard InChI is InChI=1S/C14H17N3O2S/c1-8(2)17-7-15-6-10(17)13-16-12-9(14(18)19)4-3-5-11(12)20-13/h6-9H,3-5H2,1-2H3,(H,18,19). The van der Waals surface area contributed by atoms with Crippen molar-refractivity contribution in [1.82, 2.24) is 14.5 Å². The SMILES string of the molecule is CC(C)n1cncc1-c1nc2c(s1)CCCC2C(=O)O. The van der Waals surface area contributed by atoms with E-state index in [2.05, 4.69) is 28.4 Å². The maximum Gasteiger partial charge on any atom is 0.312 e. The minimum absolute atomic E-state index is 0.309. The van der Waals surface area contributed by atoms with Gasteiger partial charge in [0, 0.05) is 10.9 Å². The number of aliphatic carboxylic acids is 1. The molecular weight excluding hydrogens is 274 g/mol. The van der Waals surface area contributed by atoms with Gasteiger partial charge in [-0.05, 0) is 33.1 Å². The molecule has 0 radical (unpaired) electrons. The van der Waals surface area contributed by atoms with E-state index in [-0.39, 0.29) is 0 Å². The molecule has 3 rings (SSSR count). The topological polar surface area (TPSA) is 68.0 Å². The van der Waals surface area contributed by atoms with Crippen molar-refractivity contribution in [1.29, 1.82) is 0 Å². The van der Waals surface area contributed by atoms with Gasteiger partial charge in [-0.1, -0.05) is 0 Å². The van der Waals surface area contributed by atoms with Gasteiger partial charge in [0.1, 0.15) is 10.9 Å². The molecule has 0 bridgehead atoms. The highest BCUT2D eigenvalue weighted by Crippen LogP contribution is 2.38. The van der Waals surface area contributed by atoms with Crippen LogP contribution in [0.3, 0.4) is 0 Å². The molecule has 0 aromatic carbocycles. The molecule has 20 heavy (non-hydrogen) atoms. The van der Waals surface area contributed by atoms with Gasteiger partial charge in [0.05, 0.1) is 23.9 Å². The normalized spacial score (nSPS) is 18.2. The van der Waals surface area contributed by atoms with E-state index in [0.29, 0.717) is 12.5 Å². The molecule has 0 spiro atoms. The zero-order valence-corrected chi connectivity index (χ0v) is 12.4. The second-order valence-corrected chi connectivity index (χ2v) is 6.47. The van der Waals surface area contributed by atoms with Gasteiger partial charge in [-0.15, -0.1) is 11.3 Å². The largest absolute Gasteiger partial charge is 0.481 e. The first-order valence-corrected chi connectivity index (χ1v) is 7.64. The zero-order valence-electron chi connectivity index (χ0n) is 11.5. The second-order valence-electron chi connectivity index (χ2n) is 5.39. The average molecular weight is 291 g/mol. The summed E-state index contributed by atoms with van der Waals surface area (Å²) in [6, 6.07) is 0.309. The van der Waals surface area contributed by atoms with Crippen LogP contribution in [-0.2, 0) is 11.2 Å². The monoisotopic (exact) mass is 291 g/mol. The number of hydrogen-bond acceptors (Lipinski definition) is 4. The van der Waals surface area contributed by atoms with Crippen molar-refractivity contribution >= 4 is 17.3 Å². The van der Waals surface area contributed by atoms with Gasteiger partial charge in [-0.3, -0.25) is 4.79 Å². The molecule has 0 saturated carbocycles. The zero-order chi connectivity index (χ0) is 14.3. The van der Waals surface area contributed by atoms with Crippen molar-refractivity contribution in [3.05, 3.63) is 23.1 Å². The Bertz CT molecular complexity index is 645. The lowest BCUT2D eigenvalue weighted by molar-refractivity contribution is -0.139. The van der Waals surface area contributed by atoms with E-state index < -0.39 is 11.9 Å². The first kappa shape index (κ1) is 13.3. The second kappa shape index (κ2) is 5.01. The van der Waals surface area contributed by atoms with Gasteiger partial charge in [0.25, 0.3) is 0 Å². The van der Waals surface area contributed by atoms with Crippen LogP contribution in [0, 0.1) is 0 Å². The van der Waals surface area contributed by atoms with Crippen LogP contribution in [0.15, 0.2) is 12.5 Å². The van der Waals surface area contributed by atoms with Gasteiger partial charge in [-0.2, -0.15) is 0 Å². The Morgan fingerprint density at radius 3 is 3.05 bits per heavy atom. The number of hydrogen-bond donors (Lipinski definition) is 1. The Morgan fingerprint density at radius 1 is 1.55 bits per heavy atom. The highest BCUT2D eigenvalue weighted by molar-refractivity contribution is 7.15. The fourth-order valence-corrected chi connectivity index (χ4v) is 3.83. The molecule has 1 unspecified atom stereocenters. The lowest BCUT2D eigenvalue weighted by Crippen LogP contribution is -2.17. The van der Waals surface area contributed by atoms with Crippen molar-refractivity contribution in [3.8, 4) is 10.7 Å². The van der Waals surface area contributed by atoms with Crippen molar-refractivity contribution in [2.24, 2.45) is 0 Å². The van der Waals surface area contributed by atoms with Crippen LogP contribution in [0.2, 0.25) is 0 Å². The van der Waals surface area contributed by atoms with E-state index in [1.165, 1.54) is 0 Å². The third-order valence-electron chi connectivity index (χ3n) is 3.69. The van der Waals surface area contributed by atoms with E-state index >= 15 is 0 Å². The molecular formula is C14H17N3O2S. The van der Waals surface area contributed by atoms with E-state index in [0.717, 1.165) is 34.1 Å². The molecule has 2 aromatic rings. The Labute approximate surface area is 121 Å². The maximum absolute atomic E-state index is 11.3. The number of carbonyl (C=O) groups is 1. The fraction of sp³-hybridized carbons (Fsp3) is 0.500. The van der Waals surface area contributed by atoms with Crippen LogP contribution in [0.25, 0.3) is 10.7 Å². The number of carboxylic acids is 1. The highest BCUT2D eigenvalue weighted by atomic mass is 32.1. The predicted octanol–water partition coefficient (Wildman–Crippen LogP) is 3.09. The van der Waals surface area contributed by atoms with Crippen LogP contribution >= 0.6 is 11.3 Å². The minimum atomic E-state index is -0.764. The smallest absolute Gasteiger partial charge is 0.312 e. The molecule has 5 nitrogen and oxygen atoms in total. The number of thiazole rings is 1. The van der Waals surface area contributed by atoms with E-state index in [9.17, 15) is 9.90 Å². The number of imidazole rings is 1. The van der Waals surface area contributed by atoms with Gasteiger partial charge in [0.15, 0.2) is 0 Å². The average Bonchev–Trinajstić information content (AvgIpc) is 3.03. The van der Waals surface area contributed by atoms with Crippen LogP contribution in [0.5, 0.6) is 0 Å². The number of carboxylic acid groups (broad SMARTS) is 1. The maximum atomic E-state index is 11.3. The Hall–Kier alpha value is -1.69. The van der Waals surface area contributed by atoms with Gasteiger partial charge in [0.2, 0.25) is 0 Å². The molecule has 2 aromatic heterocycles. The Morgan fingerprint density at radius 2 is 2.35 bits per heavy atom. The molecule has 0 fully saturated rings. The summed E-state index contributed by atoms with van der Waals surface area (Å²) in [4.78, 5) is 21.3. The molecule has 1 aliphatic carbocycles. The lowest BCUT2D eigenvalue weighted by atomic mass is 9.91.